The molecule has 3 aliphatic heterocycles. The molecule has 1 atom stereocenters. The lowest BCUT2D eigenvalue weighted by atomic mass is 9.92. The third-order valence-corrected chi connectivity index (χ3v) is 5.79. The van der Waals surface area contributed by atoms with Crippen LogP contribution in [0.2, 0.25) is 0 Å². The van der Waals surface area contributed by atoms with Gasteiger partial charge < -0.3 is 15.0 Å². The average molecular weight is 361 g/mol. The maximum absolute atomic E-state index is 12.7. The maximum atomic E-state index is 12.7. The summed E-state index contributed by atoms with van der Waals surface area (Å²) in [6, 6.07) is 2.28. The third-order valence-electron chi connectivity index (χ3n) is 5.79. The Bertz CT molecular complexity index is 710. The van der Waals surface area contributed by atoms with Crippen LogP contribution in [-0.2, 0) is 9.53 Å². The highest BCUT2D eigenvalue weighted by Crippen LogP contribution is 2.31. The standard InChI is InChI=1S/C18H27N5O3/c1-13-9-14(2)23(20-13)15-3-8-21(10-15)16(24)11-22-12-18(26-17(22)25)4-6-19-7-5-18/h9,15,19H,3-8,10-12H2,1-2H3. The molecular formula is C18H27N5O3. The maximum Gasteiger partial charge on any atom is 0.410 e. The molecule has 4 heterocycles. The zero-order chi connectivity index (χ0) is 18.3. The second kappa shape index (κ2) is 6.57. The van der Waals surface area contributed by atoms with Crippen LogP contribution in [0.5, 0.6) is 0 Å². The van der Waals surface area contributed by atoms with E-state index in [9.17, 15) is 9.59 Å². The highest BCUT2D eigenvalue weighted by molar-refractivity contribution is 5.83. The van der Waals surface area contributed by atoms with Crippen LogP contribution in [0, 0.1) is 13.8 Å². The number of aryl methyl sites for hydroxylation is 2. The Hall–Kier alpha value is -2.09. The third kappa shape index (κ3) is 3.18. The summed E-state index contributed by atoms with van der Waals surface area (Å²) in [5, 5.41) is 7.83. The van der Waals surface area contributed by atoms with Gasteiger partial charge in [0.15, 0.2) is 0 Å². The fourth-order valence-electron chi connectivity index (χ4n) is 4.40. The summed E-state index contributed by atoms with van der Waals surface area (Å²) < 4.78 is 7.66. The molecule has 26 heavy (non-hydrogen) atoms. The van der Waals surface area contributed by atoms with E-state index in [0.717, 1.165) is 43.7 Å². The topological polar surface area (TPSA) is 79.7 Å². The van der Waals surface area contributed by atoms with E-state index in [1.165, 1.54) is 0 Å². The Kier molecular flexibility index (Phi) is 4.38. The number of nitrogens with zero attached hydrogens (tertiary/aromatic N) is 4. The van der Waals surface area contributed by atoms with Crippen molar-refractivity contribution in [3.8, 4) is 0 Å². The summed E-state index contributed by atoms with van der Waals surface area (Å²) in [5.41, 5.74) is 1.72. The van der Waals surface area contributed by atoms with E-state index >= 15 is 0 Å². The van der Waals surface area contributed by atoms with Crippen LogP contribution in [0.4, 0.5) is 4.79 Å². The van der Waals surface area contributed by atoms with Crippen molar-refractivity contribution >= 4 is 12.0 Å². The lowest BCUT2D eigenvalue weighted by molar-refractivity contribution is -0.130. The zero-order valence-corrected chi connectivity index (χ0v) is 15.5. The van der Waals surface area contributed by atoms with Crippen LogP contribution >= 0.6 is 0 Å². The first-order chi connectivity index (χ1) is 12.5. The van der Waals surface area contributed by atoms with E-state index in [1.807, 2.05) is 23.4 Å². The van der Waals surface area contributed by atoms with Gasteiger partial charge in [0.05, 0.1) is 18.3 Å². The molecule has 0 bridgehead atoms. The first-order valence-electron chi connectivity index (χ1n) is 9.45. The van der Waals surface area contributed by atoms with Gasteiger partial charge in [-0.1, -0.05) is 0 Å². The zero-order valence-electron chi connectivity index (χ0n) is 15.5. The molecular weight excluding hydrogens is 334 g/mol. The predicted octanol–water partition coefficient (Wildman–Crippen LogP) is 0.848. The van der Waals surface area contributed by atoms with Crippen molar-refractivity contribution < 1.29 is 14.3 Å². The minimum absolute atomic E-state index is 0.00281. The van der Waals surface area contributed by atoms with Crippen molar-refractivity contribution in [1.82, 2.24) is 24.9 Å². The molecule has 1 N–H and O–H groups in total. The Balaban J connectivity index is 1.35. The van der Waals surface area contributed by atoms with Gasteiger partial charge in [0, 0.05) is 31.6 Å². The van der Waals surface area contributed by atoms with Crippen molar-refractivity contribution in [3.05, 3.63) is 17.5 Å². The number of nitrogens with one attached hydrogen (secondary N) is 1. The molecule has 0 saturated carbocycles. The van der Waals surface area contributed by atoms with Crippen molar-refractivity contribution in [3.63, 3.8) is 0 Å². The van der Waals surface area contributed by atoms with Gasteiger partial charge in [-0.3, -0.25) is 14.4 Å². The van der Waals surface area contributed by atoms with Crippen LogP contribution in [0.3, 0.4) is 0 Å². The Morgan fingerprint density at radius 2 is 2.15 bits per heavy atom. The Morgan fingerprint density at radius 3 is 2.85 bits per heavy atom. The molecule has 0 radical (unpaired) electrons. The smallest absolute Gasteiger partial charge is 0.410 e. The fourth-order valence-corrected chi connectivity index (χ4v) is 4.40. The second-order valence-electron chi connectivity index (χ2n) is 7.81. The number of hydrogen-bond donors (Lipinski definition) is 1. The van der Waals surface area contributed by atoms with Crippen LogP contribution in [-0.4, -0.2) is 76.5 Å². The van der Waals surface area contributed by atoms with E-state index < -0.39 is 5.60 Å². The van der Waals surface area contributed by atoms with Gasteiger partial charge in [-0.05, 0) is 39.4 Å². The quantitative estimate of drug-likeness (QED) is 0.863. The van der Waals surface area contributed by atoms with Gasteiger partial charge in [0.1, 0.15) is 12.1 Å². The molecule has 2 amide bonds. The summed E-state index contributed by atoms with van der Waals surface area (Å²) >= 11 is 0. The van der Waals surface area contributed by atoms with Gasteiger partial charge in [-0.2, -0.15) is 5.10 Å². The Morgan fingerprint density at radius 1 is 1.38 bits per heavy atom. The van der Waals surface area contributed by atoms with Crippen LogP contribution < -0.4 is 5.32 Å². The van der Waals surface area contributed by atoms with Gasteiger partial charge in [0.2, 0.25) is 5.91 Å². The number of likely N-dealkylation sites (tertiary alicyclic amines) is 1. The number of carbonyl (C=O) groups is 2. The summed E-state index contributed by atoms with van der Waals surface area (Å²) in [5.74, 6) is -0.00281. The number of aromatic nitrogens is 2. The largest absolute Gasteiger partial charge is 0.441 e. The van der Waals surface area contributed by atoms with Crippen LogP contribution in [0.25, 0.3) is 0 Å². The second-order valence-corrected chi connectivity index (χ2v) is 7.81. The Labute approximate surface area is 153 Å². The van der Waals surface area contributed by atoms with E-state index in [-0.39, 0.29) is 24.6 Å². The highest BCUT2D eigenvalue weighted by atomic mass is 16.6. The normalized spacial score (nSPS) is 25.2. The number of rotatable bonds is 3. The van der Waals surface area contributed by atoms with Crippen molar-refractivity contribution in [2.45, 2.75) is 44.8 Å². The molecule has 3 fully saturated rings. The monoisotopic (exact) mass is 361 g/mol. The number of piperidine rings is 1. The first-order valence-corrected chi connectivity index (χ1v) is 9.45. The molecule has 3 aliphatic rings. The minimum Gasteiger partial charge on any atom is -0.441 e. The number of carbonyl (C=O) groups excluding carboxylic acids is 2. The minimum atomic E-state index is -0.403. The fraction of sp³-hybridized carbons (Fsp3) is 0.722. The summed E-state index contributed by atoms with van der Waals surface area (Å²) in [7, 11) is 0. The van der Waals surface area contributed by atoms with Crippen molar-refractivity contribution in [2.75, 3.05) is 39.3 Å². The van der Waals surface area contributed by atoms with Gasteiger partial charge >= 0.3 is 6.09 Å². The lowest BCUT2D eigenvalue weighted by Gasteiger charge is -2.31. The predicted molar refractivity (Wildman–Crippen MR) is 94.8 cm³/mol. The van der Waals surface area contributed by atoms with E-state index in [2.05, 4.69) is 16.5 Å². The highest BCUT2D eigenvalue weighted by Gasteiger charge is 2.46. The molecule has 1 unspecified atom stereocenters. The van der Waals surface area contributed by atoms with Gasteiger partial charge in [-0.15, -0.1) is 0 Å². The molecule has 0 aromatic carbocycles. The molecule has 142 valence electrons. The van der Waals surface area contributed by atoms with E-state index in [4.69, 9.17) is 4.74 Å². The van der Waals surface area contributed by atoms with E-state index in [0.29, 0.717) is 19.6 Å². The van der Waals surface area contributed by atoms with Crippen LogP contribution in [0.15, 0.2) is 6.07 Å². The SMILES string of the molecule is Cc1cc(C)n(C2CCN(C(=O)CN3CC4(CCNCC4)OC3=O)C2)n1. The number of hydrogen-bond acceptors (Lipinski definition) is 5. The van der Waals surface area contributed by atoms with Crippen LogP contribution in [0.1, 0.15) is 36.7 Å². The molecule has 1 aromatic heterocycles. The van der Waals surface area contributed by atoms with Crippen molar-refractivity contribution in [1.29, 1.82) is 0 Å². The molecule has 4 rings (SSSR count). The molecule has 8 nitrogen and oxygen atoms in total. The van der Waals surface area contributed by atoms with E-state index in [1.54, 1.807) is 4.90 Å². The molecule has 1 spiro atoms. The van der Waals surface area contributed by atoms with Crippen molar-refractivity contribution in [2.24, 2.45) is 0 Å². The first kappa shape index (κ1) is 17.3. The van der Waals surface area contributed by atoms with Gasteiger partial charge in [0.25, 0.3) is 0 Å². The van der Waals surface area contributed by atoms with Gasteiger partial charge in [-0.25, -0.2) is 4.79 Å². The summed E-state index contributed by atoms with van der Waals surface area (Å²) in [6.45, 7) is 7.72. The summed E-state index contributed by atoms with van der Waals surface area (Å²) in [6.07, 6.45) is 2.17. The lowest BCUT2D eigenvalue weighted by Crippen LogP contribution is -2.46. The number of ether oxygens (including phenoxy) is 1. The average Bonchev–Trinajstić information content (AvgIpc) is 3.27. The summed E-state index contributed by atoms with van der Waals surface area (Å²) in [4.78, 5) is 28.4. The number of amides is 2. The molecule has 0 aliphatic carbocycles. The molecule has 3 saturated heterocycles. The molecule has 1 aromatic rings. The molecule has 8 heteroatoms.